The minimum atomic E-state index is 0.360. The highest BCUT2D eigenvalue weighted by atomic mass is 16.5. The number of rotatable bonds is 3. The van der Waals surface area contributed by atoms with Crippen molar-refractivity contribution >= 4 is 0 Å². The third-order valence-corrected chi connectivity index (χ3v) is 2.45. The van der Waals surface area contributed by atoms with Crippen LogP contribution in [0.25, 0.3) is 0 Å². The van der Waals surface area contributed by atoms with E-state index in [0.717, 1.165) is 32.3 Å². The summed E-state index contributed by atoms with van der Waals surface area (Å²) >= 11 is 0. The van der Waals surface area contributed by atoms with Crippen molar-refractivity contribution in [3.63, 3.8) is 0 Å². The smallest absolute Gasteiger partial charge is 0.0575 e. The van der Waals surface area contributed by atoms with Crippen molar-refractivity contribution in [2.45, 2.75) is 38.7 Å². The van der Waals surface area contributed by atoms with Crippen molar-refractivity contribution in [1.29, 1.82) is 0 Å². The van der Waals surface area contributed by atoms with Gasteiger partial charge in [-0.15, -0.1) is 0 Å². The van der Waals surface area contributed by atoms with Gasteiger partial charge in [0.05, 0.1) is 6.10 Å². The SMILES string of the molecule is CCOC1CCC(CO)CC1. The summed E-state index contributed by atoms with van der Waals surface area (Å²) in [6.07, 6.45) is 5.03. The van der Waals surface area contributed by atoms with Crippen molar-refractivity contribution in [3.05, 3.63) is 0 Å². The molecule has 2 heteroatoms. The fraction of sp³-hybridized carbons (Fsp3) is 1.00. The van der Waals surface area contributed by atoms with Crippen molar-refractivity contribution in [3.8, 4) is 0 Å². The normalized spacial score (nSPS) is 32.2. The predicted octanol–water partition coefficient (Wildman–Crippen LogP) is 1.57. The molecule has 1 fully saturated rings. The van der Waals surface area contributed by atoms with Crippen molar-refractivity contribution in [2.75, 3.05) is 13.2 Å². The molecule has 0 amide bonds. The first-order valence-electron chi connectivity index (χ1n) is 4.59. The third-order valence-electron chi connectivity index (χ3n) is 2.45. The first-order valence-corrected chi connectivity index (χ1v) is 4.59. The van der Waals surface area contributed by atoms with E-state index in [1.54, 1.807) is 0 Å². The Bertz CT molecular complexity index is 95.7. The Hall–Kier alpha value is -0.0800. The molecule has 1 N–H and O–H groups in total. The van der Waals surface area contributed by atoms with Crippen LogP contribution >= 0.6 is 0 Å². The Morgan fingerprint density at radius 3 is 2.36 bits per heavy atom. The maximum atomic E-state index is 8.87. The molecule has 0 heterocycles. The van der Waals surface area contributed by atoms with Crippen LogP contribution in [0, 0.1) is 5.92 Å². The average molecular weight is 158 g/mol. The summed E-state index contributed by atoms with van der Waals surface area (Å²) in [4.78, 5) is 0. The number of ether oxygens (including phenoxy) is 1. The molecule has 0 unspecified atom stereocenters. The third kappa shape index (κ3) is 2.80. The molecule has 11 heavy (non-hydrogen) atoms. The lowest BCUT2D eigenvalue weighted by Gasteiger charge is -2.26. The van der Waals surface area contributed by atoms with Crippen LogP contribution in [0.3, 0.4) is 0 Å². The Morgan fingerprint density at radius 1 is 1.27 bits per heavy atom. The second-order valence-corrected chi connectivity index (χ2v) is 3.28. The quantitative estimate of drug-likeness (QED) is 0.675. The van der Waals surface area contributed by atoms with Gasteiger partial charge in [0.1, 0.15) is 0 Å². The molecule has 0 radical (unpaired) electrons. The van der Waals surface area contributed by atoms with E-state index in [4.69, 9.17) is 9.84 Å². The van der Waals surface area contributed by atoms with E-state index >= 15 is 0 Å². The molecule has 0 saturated heterocycles. The van der Waals surface area contributed by atoms with E-state index in [2.05, 4.69) is 0 Å². The Labute approximate surface area is 68.6 Å². The van der Waals surface area contributed by atoms with Crippen LogP contribution in [0.5, 0.6) is 0 Å². The lowest BCUT2D eigenvalue weighted by atomic mass is 9.88. The summed E-state index contributed by atoms with van der Waals surface area (Å²) < 4.78 is 5.49. The standard InChI is InChI=1S/C9H18O2/c1-2-11-9-5-3-8(7-10)4-6-9/h8-10H,2-7H2,1H3. The molecule has 0 bridgehead atoms. The molecule has 0 atom stereocenters. The molecule has 0 aliphatic heterocycles. The molecule has 1 rings (SSSR count). The zero-order valence-corrected chi connectivity index (χ0v) is 7.25. The molecular weight excluding hydrogens is 140 g/mol. The van der Waals surface area contributed by atoms with Crippen LogP contribution in [0.4, 0.5) is 0 Å². The van der Waals surface area contributed by atoms with E-state index < -0.39 is 0 Å². The predicted molar refractivity (Wildman–Crippen MR) is 44.5 cm³/mol. The highest BCUT2D eigenvalue weighted by Gasteiger charge is 2.20. The van der Waals surface area contributed by atoms with Gasteiger partial charge in [-0.1, -0.05) is 0 Å². The number of aliphatic hydroxyl groups is 1. The fourth-order valence-corrected chi connectivity index (χ4v) is 1.72. The molecule has 0 spiro atoms. The van der Waals surface area contributed by atoms with E-state index in [9.17, 15) is 0 Å². The molecule has 1 aliphatic carbocycles. The van der Waals surface area contributed by atoms with Gasteiger partial charge in [0.15, 0.2) is 0 Å². The zero-order chi connectivity index (χ0) is 8.10. The highest BCUT2D eigenvalue weighted by molar-refractivity contribution is 4.71. The summed E-state index contributed by atoms with van der Waals surface area (Å²) in [7, 11) is 0. The fourth-order valence-electron chi connectivity index (χ4n) is 1.72. The van der Waals surface area contributed by atoms with E-state index in [0.29, 0.717) is 18.6 Å². The molecule has 1 aliphatic rings. The molecule has 66 valence electrons. The van der Waals surface area contributed by atoms with Crippen LogP contribution in [0.15, 0.2) is 0 Å². The van der Waals surface area contributed by atoms with E-state index in [1.807, 2.05) is 6.92 Å². The zero-order valence-electron chi connectivity index (χ0n) is 7.25. The van der Waals surface area contributed by atoms with Crippen LogP contribution in [0.1, 0.15) is 32.6 Å². The number of hydrogen-bond donors (Lipinski definition) is 1. The lowest BCUT2D eigenvalue weighted by molar-refractivity contribution is 0.0183. The van der Waals surface area contributed by atoms with Gasteiger partial charge in [0.25, 0.3) is 0 Å². The molecule has 0 aromatic rings. The van der Waals surface area contributed by atoms with E-state index in [1.165, 1.54) is 0 Å². The Balaban J connectivity index is 2.14. The monoisotopic (exact) mass is 158 g/mol. The van der Waals surface area contributed by atoms with Gasteiger partial charge in [-0.2, -0.15) is 0 Å². The maximum absolute atomic E-state index is 8.87. The topological polar surface area (TPSA) is 29.5 Å². The van der Waals surface area contributed by atoms with E-state index in [-0.39, 0.29) is 0 Å². The molecule has 0 aromatic heterocycles. The summed E-state index contributed by atoms with van der Waals surface area (Å²) in [6, 6.07) is 0. The first-order chi connectivity index (χ1) is 5.36. The Morgan fingerprint density at radius 2 is 1.91 bits per heavy atom. The summed E-state index contributed by atoms with van der Waals surface area (Å²) in [5.74, 6) is 0.548. The highest BCUT2D eigenvalue weighted by Crippen LogP contribution is 2.25. The summed E-state index contributed by atoms with van der Waals surface area (Å²) in [5.41, 5.74) is 0. The van der Waals surface area contributed by atoms with Crippen LogP contribution in [0.2, 0.25) is 0 Å². The van der Waals surface area contributed by atoms with Crippen molar-refractivity contribution < 1.29 is 9.84 Å². The molecule has 1 saturated carbocycles. The first kappa shape index (κ1) is 9.01. The molecular formula is C9H18O2. The van der Waals surface area contributed by atoms with Gasteiger partial charge in [-0.25, -0.2) is 0 Å². The van der Waals surface area contributed by atoms with Gasteiger partial charge in [0.2, 0.25) is 0 Å². The minimum absolute atomic E-state index is 0.360. The van der Waals surface area contributed by atoms with Crippen LogP contribution in [-0.4, -0.2) is 24.4 Å². The van der Waals surface area contributed by atoms with Gasteiger partial charge >= 0.3 is 0 Å². The van der Waals surface area contributed by atoms with Gasteiger partial charge in [-0.3, -0.25) is 0 Å². The van der Waals surface area contributed by atoms with Gasteiger partial charge in [-0.05, 0) is 38.5 Å². The lowest BCUT2D eigenvalue weighted by Crippen LogP contribution is -2.23. The average Bonchev–Trinajstić information content (AvgIpc) is 2.07. The number of aliphatic hydroxyl groups excluding tert-OH is 1. The number of hydrogen-bond acceptors (Lipinski definition) is 2. The van der Waals surface area contributed by atoms with Crippen LogP contribution < -0.4 is 0 Å². The maximum Gasteiger partial charge on any atom is 0.0575 e. The molecule has 2 nitrogen and oxygen atoms in total. The second-order valence-electron chi connectivity index (χ2n) is 3.28. The minimum Gasteiger partial charge on any atom is -0.396 e. The summed E-state index contributed by atoms with van der Waals surface area (Å²) in [5, 5.41) is 8.87. The molecule has 0 aromatic carbocycles. The van der Waals surface area contributed by atoms with Gasteiger partial charge in [0, 0.05) is 13.2 Å². The summed E-state index contributed by atoms with van der Waals surface area (Å²) in [6.45, 7) is 3.23. The van der Waals surface area contributed by atoms with Crippen molar-refractivity contribution in [1.82, 2.24) is 0 Å². The second kappa shape index (κ2) is 4.73. The largest absolute Gasteiger partial charge is 0.396 e. The van der Waals surface area contributed by atoms with Crippen LogP contribution in [-0.2, 0) is 4.74 Å². The van der Waals surface area contributed by atoms with Gasteiger partial charge < -0.3 is 9.84 Å². The Kier molecular flexibility index (Phi) is 3.87. The van der Waals surface area contributed by atoms with Crippen molar-refractivity contribution in [2.24, 2.45) is 5.92 Å².